The molecule has 9 heteroatoms. The van der Waals surface area contributed by atoms with Gasteiger partial charge in [0.15, 0.2) is 4.64 Å². The van der Waals surface area contributed by atoms with E-state index < -0.39 is 11.8 Å². The van der Waals surface area contributed by atoms with Crippen LogP contribution in [0.15, 0.2) is 29.5 Å². The lowest BCUT2D eigenvalue weighted by atomic mass is 10.3. The van der Waals surface area contributed by atoms with Crippen molar-refractivity contribution in [2.75, 3.05) is 12.4 Å². The molecule has 2 rings (SSSR count). The number of esters is 1. The number of aromatic nitrogens is 2. The Bertz CT molecular complexity index is 794. The van der Waals surface area contributed by atoms with Crippen molar-refractivity contribution in [1.82, 2.24) is 9.97 Å². The number of nitrogens with zero attached hydrogens (tertiary/aromatic N) is 2. The van der Waals surface area contributed by atoms with Gasteiger partial charge < -0.3 is 15.0 Å². The van der Waals surface area contributed by atoms with Crippen LogP contribution in [-0.2, 0) is 9.53 Å². The molecule has 0 unspecified atom stereocenters. The predicted octanol–water partition coefficient (Wildman–Crippen LogP) is 3.55. The number of carbonyl (C=O) groups is 1. The Kier molecular flexibility index (Phi) is 5.18. The average Bonchev–Trinajstić information content (AvgIpc) is 2.50. The highest BCUT2D eigenvalue weighted by Gasteiger charge is 2.07. The van der Waals surface area contributed by atoms with Gasteiger partial charge in [-0.15, -0.1) is 0 Å². The summed E-state index contributed by atoms with van der Waals surface area (Å²) in [6.45, 7) is 0. The van der Waals surface area contributed by atoms with Crippen molar-refractivity contribution < 1.29 is 13.9 Å². The van der Waals surface area contributed by atoms with Crippen molar-refractivity contribution in [3.05, 3.63) is 40.0 Å². The Morgan fingerprint density at radius 3 is 3.05 bits per heavy atom. The molecule has 0 radical (unpaired) electrons. The number of rotatable bonds is 4. The molecule has 1 aromatic carbocycles. The van der Waals surface area contributed by atoms with Crippen molar-refractivity contribution in [3.8, 4) is 0 Å². The molecule has 6 nitrogen and oxygen atoms in total. The zero-order valence-corrected chi connectivity index (χ0v) is 12.8. The van der Waals surface area contributed by atoms with E-state index in [-0.39, 0.29) is 15.4 Å². The van der Waals surface area contributed by atoms with E-state index in [4.69, 9.17) is 23.8 Å². The standard InChI is InChI=1S/C13H10ClFN4O2S/c1-21-10(20)5-16-11-12(17-6-18-13(11)22)19-7-2-3-9(15)8(14)4-7/h2-6H,1H3,(H2,17,18,19,22). The summed E-state index contributed by atoms with van der Waals surface area (Å²) in [5, 5.41) is 2.91. The van der Waals surface area contributed by atoms with Crippen LogP contribution in [0, 0.1) is 10.5 Å². The molecule has 0 amide bonds. The summed E-state index contributed by atoms with van der Waals surface area (Å²) in [5.41, 5.74) is 0.751. The average molecular weight is 341 g/mol. The van der Waals surface area contributed by atoms with Gasteiger partial charge in [0.2, 0.25) is 0 Å². The summed E-state index contributed by atoms with van der Waals surface area (Å²) in [6, 6.07) is 4.12. The number of aromatic amines is 1. The minimum Gasteiger partial charge on any atom is -0.465 e. The first-order valence-corrected chi connectivity index (χ1v) is 6.71. The number of aliphatic imine (C=N–C) groups is 1. The van der Waals surface area contributed by atoms with E-state index >= 15 is 0 Å². The summed E-state index contributed by atoms with van der Waals surface area (Å²) in [7, 11) is 1.23. The van der Waals surface area contributed by atoms with Crippen molar-refractivity contribution >= 4 is 53.2 Å². The summed E-state index contributed by atoms with van der Waals surface area (Å²) < 4.78 is 17.8. The van der Waals surface area contributed by atoms with Crippen molar-refractivity contribution in [2.45, 2.75) is 0 Å². The molecule has 0 spiro atoms. The third-order valence-electron chi connectivity index (χ3n) is 2.52. The van der Waals surface area contributed by atoms with Crippen LogP contribution >= 0.6 is 23.8 Å². The second kappa shape index (κ2) is 7.10. The molecule has 0 fully saturated rings. The second-order valence-corrected chi connectivity index (χ2v) is 4.76. The van der Waals surface area contributed by atoms with E-state index in [9.17, 15) is 9.18 Å². The fraction of sp³-hybridized carbons (Fsp3) is 0.0769. The van der Waals surface area contributed by atoms with E-state index in [1.165, 1.54) is 31.6 Å². The first kappa shape index (κ1) is 16.1. The SMILES string of the molecule is COC(=O)C=Nc1c(Nc2ccc(F)c(Cl)c2)[nH]cnc1=S. The maximum atomic E-state index is 13.2. The molecule has 0 saturated heterocycles. The van der Waals surface area contributed by atoms with Gasteiger partial charge in [0.25, 0.3) is 0 Å². The molecule has 22 heavy (non-hydrogen) atoms. The number of hydrogen-bond acceptors (Lipinski definition) is 6. The zero-order chi connectivity index (χ0) is 16.1. The van der Waals surface area contributed by atoms with E-state index in [1.807, 2.05) is 0 Å². The minimum atomic E-state index is -0.631. The first-order valence-electron chi connectivity index (χ1n) is 5.93. The van der Waals surface area contributed by atoms with Gasteiger partial charge in [0, 0.05) is 5.69 Å². The fourth-order valence-corrected chi connectivity index (χ4v) is 1.88. The molecule has 0 bridgehead atoms. The quantitative estimate of drug-likeness (QED) is 0.505. The Morgan fingerprint density at radius 1 is 1.59 bits per heavy atom. The first-order chi connectivity index (χ1) is 10.5. The van der Waals surface area contributed by atoms with Crippen LogP contribution in [0.2, 0.25) is 5.02 Å². The van der Waals surface area contributed by atoms with E-state index in [0.717, 1.165) is 6.21 Å². The lowest BCUT2D eigenvalue weighted by molar-refractivity contribution is -0.132. The smallest absolute Gasteiger partial charge is 0.349 e. The Labute approximate surface area is 135 Å². The molecule has 1 aromatic heterocycles. The molecule has 0 aliphatic heterocycles. The van der Waals surface area contributed by atoms with Crippen molar-refractivity contribution in [2.24, 2.45) is 4.99 Å². The largest absolute Gasteiger partial charge is 0.465 e. The monoisotopic (exact) mass is 340 g/mol. The molecule has 0 saturated carbocycles. The summed E-state index contributed by atoms with van der Waals surface area (Å²) in [5.74, 6) is -0.782. The van der Waals surface area contributed by atoms with E-state index in [1.54, 1.807) is 0 Å². The van der Waals surface area contributed by atoms with Gasteiger partial charge in [0.1, 0.15) is 23.5 Å². The number of hydrogen-bond donors (Lipinski definition) is 2. The van der Waals surface area contributed by atoms with Gasteiger partial charge in [-0.1, -0.05) is 23.8 Å². The van der Waals surface area contributed by atoms with Gasteiger partial charge >= 0.3 is 5.97 Å². The molecule has 2 N–H and O–H groups in total. The number of anilines is 2. The van der Waals surface area contributed by atoms with E-state index in [0.29, 0.717) is 11.5 Å². The molecule has 114 valence electrons. The maximum absolute atomic E-state index is 13.2. The van der Waals surface area contributed by atoms with Gasteiger partial charge in [-0.05, 0) is 18.2 Å². The molecule has 0 aliphatic carbocycles. The van der Waals surface area contributed by atoms with E-state index in [2.05, 4.69) is 25.0 Å². The number of carbonyl (C=O) groups excluding carboxylic acids is 1. The second-order valence-electron chi connectivity index (χ2n) is 3.97. The Hall–Kier alpha value is -2.32. The zero-order valence-electron chi connectivity index (χ0n) is 11.3. The topological polar surface area (TPSA) is 79.4 Å². The summed E-state index contributed by atoms with van der Waals surface area (Å²) in [6.07, 6.45) is 2.34. The number of methoxy groups -OCH3 is 1. The fourth-order valence-electron chi connectivity index (χ4n) is 1.50. The normalized spacial score (nSPS) is 10.7. The third kappa shape index (κ3) is 3.86. The third-order valence-corrected chi connectivity index (χ3v) is 3.11. The highest BCUT2D eigenvalue weighted by molar-refractivity contribution is 7.71. The lowest BCUT2D eigenvalue weighted by Crippen LogP contribution is -2.01. The minimum absolute atomic E-state index is 0.0303. The Morgan fingerprint density at radius 2 is 2.36 bits per heavy atom. The number of ether oxygens (including phenoxy) is 1. The van der Waals surface area contributed by atoms with Gasteiger partial charge in [-0.25, -0.2) is 19.2 Å². The lowest BCUT2D eigenvalue weighted by Gasteiger charge is -2.09. The molecular weight excluding hydrogens is 331 g/mol. The van der Waals surface area contributed by atoms with Crippen LogP contribution in [0.5, 0.6) is 0 Å². The number of H-pyrrole nitrogens is 1. The van der Waals surface area contributed by atoms with Crippen LogP contribution in [0.25, 0.3) is 0 Å². The summed E-state index contributed by atoms with van der Waals surface area (Å²) in [4.78, 5) is 21.8. The van der Waals surface area contributed by atoms with Crippen molar-refractivity contribution in [1.29, 1.82) is 0 Å². The number of halogens is 2. The number of benzene rings is 1. The van der Waals surface area contributed by atoms with Crippen LogP contribution in [0.1, 0.15) is 0 Å². The predicted molar refractivity (Wildman–Crippen MR) is 84.3 cm³/mol. The van der Waals surface area contributed by atoms with Crippen LogP contribution in [0.3, 0.4) is 0 Å². The van der Waals surface area contributed by atoms with Gasteiger partial charge in [-0.2, -0.15) is 0 Å². The molecule has 1 heterocycles. The van der Waals surface area contributed by atoms with Crippen molar-refractivity contribution in [3.63, 3.8) is 0 Å². The molecule has 0 aliphatic rings. The Balaban J connectivity index is 2.36. The highest BCUT2D eigenvalue weighted by Crippen LogP contribution is 2.27. The van der Waals surface area contributed by atoms with Crippen LogP contribution < -0.4 is 5.32 Å². The van der Waals surface area contributed by atoms with Gasteiger partial charge in [-0.3, -0.25) is 0 Å². The molecule has 0 atom stereocenters. The number of nitrogens with one attached hydrogen (secondary N) is 2. The highest BCUT2D eigenvalue weighted by atomic mass is 35.5. The van der Waals surface area contributed by atoms with Crippen LogP contribution in [-0.4, -0.2) is 29.3 Å². The maximum Gasteiger partial charge on any atom is 0.349 e. The van der Waals surface area contributed by atoms with Gasteiger partial charge in [0.05, 0.1) is 18.5 Å². The molecular formula is C13H10ClFN4O2S. The van der Waals surface area contributed by atoms with Crippen LogP contribution in [0.4, 0.5) is 21.6 Å². The summed E-state index contributed by atoms with van der Waals surface area (Å²) >= 11 is 10.8. The molecule has 2 aromatic rings.